The highest BCUT2D eigenvalue weighted by Gasteiger charge is 2.21. The lowest BCUT2D eigenvalue weighted by molar-refractivity contribution is 0.419. The number of rotatable bonds is 4. The van der Waals surface area contributed by atoms with Gasteiger partial charge < -0.3 is 9.84 Å². The van der Waals surface area contributed by atoms with E-state index in [-0.39, 0.29) is 0 Å². The first-order valence-corrected chi connectivity index (χ1v) is 7.32. The Balaban J connectivity index is 1.78. The second kappa shape index (κ2) is 5.11. The van der Waals surface area contributed by atoms with Crippen LogP contribution in [-0.4, -0.2) is 16.2 Å². The molecule has 94 valence electrons. The molecule has 1 aromatic heterocycles. The smallest absolute Gasteiger partial charge is 0.258 e. The van der Waals surface area contributed by atoms with Crippen molar-refractivity contribution in [3.05, 3.63) is 33.0 Å². The fraction of sp³-hybridized carbons (Fsp3) is 0.333. The Bertz CT molecular complexity index is 546. The first-order valence-electron chi connectivity index (χ1n) is 5.73. The van der Waals surface area contributed by atoms with Gasteiger partial charge in [0.15, 0.2) is 5.82 Å². The van der Waals surface area contributed by atoms with E-state index in [9.17, 15) is 0 Å². The van der Waals surface area contributed by atoms with Gasteiger partial charge in [0, 0.05) is 20.6 Å². The average molecular weight is 373 g/mol. The lowest BCUT2D eigenvalue weighted by Gasteiger charge is -1.97. The average Bonchev–Trinajstić information content (AvgIpc) is 3.02. The van der Waals surface area contributed by atoms with Crippen LogP contribution in [0.25, 0.3) is 11.5 Å². The van der Waals surface area contributed by atoms with Gasteiger partial charge in [-0.25, -0.2) is 0 Å². The molecule has 1 heterocycles. The summed E-state index contributed by atoms with van der Waals surface area (Å²) in [5.74, 6) is 1.25. The van der Waals surface area contributed by atoms with E-state index in [0.717, 1.165) is 14.5 Å². The van der Waals surface area contributed by atoms with Crippen molar-refractivity contribution in [2.24, 2.45) is 0 Å². The van der Waals surface area contributed by atoms with Crippen molar-refractivity contribution >= 4 is 31.9 Å². The maximum absolute atomic E-state index is 5.27. The zero-order valence-corrected chi connectivity index (χ0v) is 12.7. The first-order chi connectivity index (χ1) is 8.70. The molecule has 2 aromatic rings. The maximum Gasteiger partial charge on any atom is 0.258 e. The Hall–Kier alpha value is -0.720. The largest absolute Gasteiger partial charge is 0.334 e. The van der Waals surface area contributed by atoms with Crippen LogP contribution in [0, 0.1) is 0 Å². The number of hydrogen-bond donors (Lipinski definition) is 1. The lowest BCUT2D eigenvalue weighted by atomic mass is 10.2. The molecule has 0 unspecified atom stereocenters. The Morgan fingerprint density at radius 3 is 2.61 bits per heavy atom. The van der Waals surface area contributed by atoms with Gasteiger partial charge in [-0.15, -0.1) is 0 Å². The molecule has 1 aliphatic carbocycles. The minimum Gasteiger partial charge on any atom is -0.334 e. The van der Waals surface area contributed by atoms with Crippen molar-refractivity contribution in [1.29, 1.82) is 0 Å². The highest BCUT2D eigenvalue weighted by molar-refractivity contribution is 9.11. The molecule has 0 atom stereocenters. The van der Waals surface area contributed by atoms with Crippen molar-refractivity contribution in [3.63, 3.8) is 0 Å². The Labute approximate surface area is 121 Å². The summed E-state index contributed by atoms with van der Waals surface area (Å²) >= 11 is 6.89. The quantitative estimate of drug-likeness (QED) is 0.892. The fourth-order valence-corrected chi connectivity index (χ4v) is 2.94. The number of aromatic nitrogens is 2. The second-order valence-corrected chi connectivity index (χ2v) is 6.16. The Morgan fingerprint density at radius 2 is 1.94 bits per heavy atom. The molecule has 0 spiro atoms. The molecule has 1 aliphatic rings. The molecule has 1 N–H and O–H groups in total. The third kappa shape index (κ3) is 2.99. The molecular weight excluding hydrogens is 362 g/mol. The molecular formula is C12H11Br2N3O. The van der Waals surface area contributed by atoms with Gasteiger partial charge in [0.05, 0.1) is 6.54 Å². The van der Waals surface area contributed by atoms with E-state index in [1.54, 1.807) is 0 Å². The number of halogens is 2. The van der Waals surface area contributed by atoms with Crippen molar-refractivity contribution in [3.8, 4) is 11.5 Å². The SMILES string of the molecule is Brc1cc(Br)cc(-c2nc(CNC3CC3)no2)c1. The van der Waals surface area contributed by atoms with Gasteiger partial charge in [-0.3, -0.25) is 0 Å². The van der Waals surface area contributed by atoms with Crippen LogP contribution in [-0.2, 0) is 6.54 Å². The van der Waals surface area contributed by atoms with E-state index in [2.05, 4.69) is 47.3 Å². The van der Waals surface area contributed by atoms with Crippen molar-refractivity contribution < 1.29 is 4.52 Å². The van der Waals surface area contributed by atoms with E-state index in [4.69, 9.17) is 4.52 Å². The predicted molar refractivity (Wildman–Crippen MR) is 75.0 cm³/mol. The Kier molecular flexibility index (Phi) is 3.50. The lowest BCUT2D eigenvalue weighted by Crippen LogP contribution is -2.16. The third-order valence-electron chi connectivity index (χ3n) is 2.70. The van der Waals surface area contributed by atoms with Crippen LogP contribution < -0.4 is 5.32 Å². The number of hydrogen-bond acceptors (Lipinski definition) is 4. The summed E-state index contributed by atoms with van der Waals surface area (Å²) in [6, 6.07) is 6.52. The minimum atomic E-state index is 0.546. The van der Waals surface area contributed by atoms with Crippen LogP contribution in [0.2, 0.25) is 0 Å². The molecule has 6 heteroatoms. The monoisotopic (exact) mass is 371 g/mol. The van der Waals surface area contributed by atoms with Crippen molar-refractivity contribution in [1.82, 2.24) is 15.5 Å². The van der Waals surface area contributed by atoms with E-state index >= 15 is 0 Å². The summed E-state index contributed by atoms with van der Waals surface area (Å²) in [5, 5.41) is 7.33. The van der Waals surface area contributed by atoms with Crippen LogP contribution in [0.4, 0.5) is 0 Å². The summed E-state index contributed by atoms with van der Waals surface area (Å²) < 4.78 is 7.22. The topological polar surface area (TPSA) is 51.0 Å². The van der Waals surface area contributed by atoms with Crippen LogP contribution in [0.5, 0.6) is 0 Å². The van der Waals surface area contributed by atoms with Crippen molar-refractivity contribution in [2.45, 2.75) is 25.4 Å². The van der Waals surface area contributed by atoms with Crippen LogP contribution >= 0.6 is 31.9 Å². The van der Waals surface area contributed by atoms with Gasteiger partial charge in [-0.1, -0.05) is 37.0 Å². The Morgan fingerprint density at radius 1 is 1.22 bits per heavy atom. The molecule has 0 saturated heterocycles. The van der Waals surface area contributed by atoms with Gasteiger partial charge in [-0.2, -0.15) is 4.98 Å². The summed E-state index contributed by atoms with van der Waals surface area (Å²) in [6.45, 7) is 0.670. The maximum atomic E-state index is 5.27. The molecule has 3 rings (SSSR count). The van der Waals surface area contributed by atoms with Crippen LogP contribution in [0.1, 0.15) is 18.7 Å². The van der Waals surface area contributed by atoms with E-state index in [1.165, 1.54) is 12.8 Å². The predicted octanol–water partition coefficient (Wildman–Crippen LogP) is 3.51. The number of nitrogens with one attached hydrogen (secondary N) is 1. The molecule has 0 bridgehead atoms. The first kappa shape index (κ1) is 12.3. The molecule has 1 saturated carbocycles. The summed E-state index contributed by atoms with van der Waals surface area (Å²) in [5.41, 5.74) is 0.904. The number of benzene rings is 1. The standard InChI is InChI=1S/C12H11Br2N3O/c13-8-3-7(4-9(14)5-8)12-16-11(17-18-12)6-15-10-1-2-10/h3-5,10,15H,1-2,6H2. The highest BCUT2D eigenvalue weighted by atomic mass is 79.9. The summed E-state index contributed by atoms with van der Waals surface area (Å²) in [7, 11) is 0. The van der Waals surface area contributed by atoms with E-state index in [1.807, 2.05) is 18.2 Å². The van der Waals surface area contributed by atoms with Gasteiger partial charge in [-0.05, 0) is 31.0 Å². The minimum absolute atomic E-state index is 0.546. The third-order valence-corrected chi connectivity index (χ3v) is 3.62. The van der Waals surface area contributed by atoms with Gasteiger partial charge in [0.25, 0.3) is 5.89 Å². The second-order valence-electron chi connectivity index (χ2n) is 4.33. The van der Waals surface area contributed by atoms with Gasteiger partial charge >= 0.3 is 0 Å². The van der Waals surface area contributed by atoms with Crippen LogP contribution in [0.15, 0.2) is 31.7 Å². The van der Waals surface area contributed by atoms with Gasteiger partial charge in [0.1, 0.15) is 0 Å². The molecule has 1 fully saturated rings. The fourth-order valence-electron chi connectivity index (χ4n) is 1.64. The normalized spacial score (nSPS) is 15.0. The van der Waals surface area contributed by atoms with E-state index < -0.39 is 0 Å². The molecule has 1 aromatic carbocycles. The van der Waals surface area contributed by atoms with Gasteiger partial charge in [0.2, 0.25) is 0 Å². The molecule has 0 aliphatic heterocycles. The summed E-state index contributed by atoms with van der Waals surface area (Å²) in [4.78, 5) is 4.38. The zero-order valence-electron chi connectivity index (χ0n) is 9.49. The summed E-state index contributed by atoms with van der Waals surface area (Å²) in [6.07, 6.45) is 2.51. The number of nitrogens with zero attached hydrogens (tertiary/aromatic N) is 2. The molecule has 0 radical (unpaired) electrons. The molecule has 0 amide bonds. The zero-order chi connectivity index (χ0) is 12.5. The highest BCUT2D eigenvalue weighted by Crippen LogP contribution is 2.26. The van der Waals surface area contributed by atoms with Crippen molar-refractivity contribution in [2.75, 3.05) is 0 Å². The molecule has 18 heavy (non-hydrogen) atoms. The molecule has 4 nitrogen and oxygen atoms in total. The van der Waals surface area contributed by atoms with Crippen LogP contribution in [0.3, 0.4) is 0 Å². The van der Waals surface area contributed by atoms with E-state index in [0.29, 0.717) is 24.3 Å².